The maximum atomic E-state index is 11.8. The summed E-state index contributed by atoms with van der Waals surface area (Å²) < 4.78 is 5.63. The second-order valence-corrected chi connectivity index (χ2v) is 6.51. The number of H-pyrrole nitrogens is 1. The molecule has 2 aromatic rings. The van der Waals surface area contributed by atoms with Crippen LogP contribution < -0.4 is 5.56 Å². The highest BCUT2D eigenvalue weighted by atomic mass is 127. The third-order valence-electron chi connectivity index (χ3n) is 2.45. The summed E-state index contributed by atoms with van der Waals surface area (Å²) in [5.74, 6) is 1.23. The maximum Gasteiger partial charge on any atom is 0.264 e. The van der Waals surface area contributed by atoms with E-state index in [-0.39, 0.29) is 5.56 Å². The Morgan fingerprint density at radius 3 is 2.75 bits per heavy atom. The zero-order valence-corrected chi connectivity index (χ0v) is 14.4. The summed E-state index contributed by atoms with van der Waals surface area (Å²) in [4.78, 5) is 20.1. The monoisotopic (exact) mass is 422 g/mol. The van der Waals surface area contributed by atoms with E-state index in [1.54, 1.807) is 18.9 Å². The van der Waals surface area contributed by atoms with Crippen LogP contribution in [0.3, 0.4) is 0 Å². The molecule has 0 aliphatic heterocycles. The van der Waals surface area contributed by atoms with Gasteiger partial charge in [0.25, 0.3) is 5.56 Å². The number of ether oxygens (including phenoxy) is 1. The molecule has 0 radical (unpaired) electrons. The summed E-state index contributed by atoms with van der Waals surface area (Å²) in [7, 11) is 1.58. The van der Waals surface area contributed by atoms with E-state index < -0.39 is 0 Å². The number of aromatic nitrogens is 2. The molecule has 1 aromatic heterocycles. The second kappa shape index (κ2) is 7.44. The molecular formula is C13H12ClIN2O2S. The van der Waals surface area contributed by atoms with Gasteiger partial charge in [0.05, 0.1) is 18.1 Å². The minimum Gasteiger partial charge on any atom is -0.378 e. The van der Waals surface area contributed by atoms with Crippen LogP contribution in [-0.4, -0.2) is 17.1 Å². The molecule has 7 heteroatoms. The average Bonchev–Trinajstić information content (AvgIpc) is 2.44. The normalized spacial score (nSPS) is 10.8. The lowest BCUT2D eigenvalue weighted by Gasteiger charge is -2.06. The van der Waals surface area contributed by atoms with Gasteiger partial charge < -0.3 is 9.72 Å². The predicted molar refractivity (Wildman–Crippen MR) is 89.3 cm³/mol. The lowest BCUT2D eigenvalue weighted by Crippen LogP contribution is -2.18. The average molecular weight is 423 g/mol. The zero-order valence-electron chi connectivity index (χ0n) is 10.7. The van der Waals surface area contributed by atoms with Gasteiger partial charge in [-0.1, -0.05) is 11.6 Å². The maximum absolute atomic E-state index is 11.8. The Balaban J connectivity index is 2.13. The molecule has 4 nitrogen and oxygen atoms in total. The fourth-order valence-electron chi connectivity index (χ4n) is 1.54. The first-order chi connectivity index (χ1) is 9.60. The number of nitrogens with one attached hydrogen (secondary N) is 1. The van der Waals surface area contributed by atoms with Crippen LogP contribution in [0.1, 0.15) is 11.5 Å². The van der Waals surface area contributed by atoms with Crippen LogP contribution >= 0.6 is 46.0 Å². The molecule has 0 amide bonds. The van der Waals surface area contributed by atoms with Gasteiger partial charge in [-0.2, -0.15) is 0 Å². The number of halogens is 2. The lowest BCUT2D eigenvalue weighted by molar-refractivity contribution is 0.180. The van der Waals surface area contributed by atoms with Crippen LogP contribution in [0.5, 0.6) is 0 Å². The van der Waals surface area contributed by atoms with Crippen LogP contribution in [0.2, 0.25) is 5.02 Å². The molecule has 2 rings (SSSR count). The number of nitrogens with zero attached hydrogens (tertiary/aromatic N) is 1. The molecule has 0 bridgehead atoms. The third-order valence-corrected chi connectivity index (χ3v) is 4.84. The molecule has 1 heterocycles. The Morgan fingerprint density at radius 1 is 1.40 bits per heavy atom. The van der Waals surface area contributed by atoms with E-state index in [1.165, 1.54) is 0 Å². The van der Waals surface area contributed by atoms with Gasteiger partial charge in [-0.15, -0.1) is 11.8 Å². The van der Waals surface area contributed by atoms with Crippen molar-refractivity contribution in [1.82, 2.24) is 9.97 Å². The lowest BCUT2D eigenvalue weighted by atomic mass is 10.4. The Kier molecular flexibility index (Phi) is 5.88. The second-order valence-electron chi connectivity index (χ2n) is 3.95. The number of benzene rings is 1. The third kappa shape index (κ3) is 4.21. The van der Waals surface area contributed by atoms with E-state index in [0.29, 0.717) is 32.5 Å². The van der Waals surface area contributed by atoms with Crippen molar-refractivity contribution < 1.29 is 4.74 Å². The Hall–Kier alpha value is -0.570. The molecule has 0 aliphatic rings. The number of thioether (sulfide) groups is 1. The summed E-state index contributed by atoms with van der Waals surface area (Å²) in [6.45, 7) is 0.334. The van der Waals surface area contributed by atoms with Crippen molar-refractivity contribution in [2.45, 2.75) is 17.3 Å². The summed E-state index contributed by atoms with van der Waals surface area (Å²) in [6, 6.07) is 7.55. The summed E-state index contributed by atoms with van der Waals surface area (Å²) in [6.07, 6.45) is 0. The van der Waals surface area contributed by atoms with Crippen molar-refractivity contribution in [1.29, 1.82) is 0 Å². The van der Waals surface area contributed by atoms with Gasteiger partial charge in [0.1, 0.15) is 9.39 Å². The van der Waals surface area contributed by atoms with Gasteiger partial charge in [0.2, 0.25) is 0 Å². The number of aromatic amines is 1. The van der Waals surface area contributed by atoms with Crippen molar-refractivity contribution in [2.75, 3.05) is 7.11 Å². The van der Waals surface area contributed by atoms with Gasteiger partial charge >= 0.3 is 0 Å². The highest BCUT2D eigenvalue weighted by molar-refractivity contribution is 14.1. The molecule has 1 aromatic carbocycles. The fourth-order valence-corrected chi connectivity index (χ4v) is 2.85. The van der Waals surface area contributed by atoms with Crippen molar-refractivity contribution in [3.63, 3.8) is 0 Å². The Bertz CT molecular complexity index is 646. The van der Waals surface area contributed by atoms with Crippen molar-refractivity contribution in [3.8, 4) is 0 Å². The quantitative estimate of drug-likeness (QED) is 0.592. The van der Waals surface area contributed by atoms with Crippen LogP contribution in [0.25, 0.3) is 0 Å². The minimum atomic E-state index is -0.126. The van der Waals surface area contributed by atoms with E-state index in [0.717, 1.165) is 4.90 Å². The summed E-state index contributed by atoms with van der Waals surface area (Å²) in [5, 5.41) is 0.706. The fraction of sp³-hybridized carbons (Fsp3) is 0.231. The highest BCUT2D eigenvalue weighted by Gasteiger charge is 2.09. The molecular weight excluding hydrogens is 411 g/mol. The van der Waals surface area contributed by atoms with Crippen molar-refractivity contribution in [2.24, 2.45) is 0 Å². The largest absolute Gasteiger partial charge is 0.378 e. The number of methoxy groups -OCH3 is 1. The first-order valence-corrected chi connectivity index (χ1v) is 8.19. The molecule has 20 heavy (non-hydrogen) atoms. The van der Waals surface area contributed by atoms with Crippen molar-refractivity contribution >= 4 is 46.0 Å². The predicted octanol–water partition coefficient (Wildman–Crippen LogP) is 3.47. The van der Waals surface area contributed by atoms with Crippen LogP contribution in [-0.2, 0) is 17.1 Å². The van der Waals surface area contributed by atoms with E-state index in [9.17, 15) is 4.79 Å². The Morgan fingerprint density at radius 2 is 2.10 bits per heavy atom. The highest BCUT2D eigenvalue weighted by Crippen LogP contribution is 2.23. The molecule has 0 saturated heterocycles. The first-order valence-electron chi connectivity index (χ1n) is 5.75. The topological polar surface area (TPSA) is 55.0 Å². The molecule has 0 saturated carbocycles. The van der Waals surface area contributed by atoms with E-state index in [2.05, 4.69) is 9.97 Å². The molecule has 0 unspecified atom stereocenters. The smallest absolute Gasteiger partial charge is 0.264 e. The van der Waals surface area contributed by atoms with Gasteiger partial charge in [-0.25, -0.2) is 4.98 Å². The summed E-state index contributed by atoms with van der Waals surface area (Å²) >= 11 is 9.41. The number of hydrogen-bond acceptors (Lipinski definition) is 4. The number of rotatable bonds is 5. The standard InChI is InChI=1S/C13H12ClIN2O2S/c1-19-6-10-12(15)13(18)17-11(16-10)7-20-9-4-2-8(14)3-5-9/h2-5H,6-7H2,1H3,(H,16,17,18). The molecule has 1 N–H and O–H groups in total. The van der Waals surface area contributed by atoms with E-state index >= 15 is 0 Å². The molecule has 0 aliphatic carbocycles. The van der Waals surface area contributed by atoms with Gasteiger partial charge in [0, 0.05) is 17.0 Å². The van der Waals surface area contributed by atoms with Crippen LogP contribution in [0.15, 0.2) is 34.0 Å². The van der Waals surface area contributed by atoms with E-state index in [1.807, 2.05) is 46.9 Å². The minimum absolute atomic E-state index is 0.126. The molecule has 106 valence electrons. The van der Waals surface area contributed by atoms with Crippen LogP contribution in [0.4, 0.5) is 0 Å². The molecule has 0 spiro atoms. The van der Waals surface area contributed by atoms with Crippen LogP contribution in [0, 0.1) is 3.57 Å². The first kappa shape index (κ1) is 15.8. The van der Waals surface area contributed by atoms with Gasteiger partial charge in [-0.3, -0.25) is 4.79 Å². The Labute approximate surface area is 139 Å². The van der Waals surface area contributed by atoms with Gasteiger partial charge in [0.15, 0.2) is 0 Å². The van der Waals surface area contributed by atoms with Gasteiger partial charge in [-0.05, 0) is 46.9 Å². The SMILES string of the molecule is COCc1nc(CSc2ccc(Cl)cc2)[nH]c(=O)c1I. The zero-order chi connectivity index (χ0) is 14.5. The molecule has 0 atom stereocenters. The number of hydrogen-bond donors (Lipinski definition) is 1. The molecule has 0 fully saturated rings. The van der Waals surface area contributed by atoms with Crippen molar-refractivity contribution in [3.05, 3.63) is 54.7 Å². The van der Waals surface area contributed by atoms with E-state index in [4.69, 9.17) is 16.3 Å². The summed E-state index contributed by atoms with van der Waals surface area (Å²) in [5.41, 5.74) is 0.544.